The van der Waals surface area contributed by atoms with Gasteiger partial charge in [0.15, 0.2) is 0 Å². The number of rotatable bonds is 5. The highest BCUT2D eigenvalue weighted by atomic mass is 19.1. The largest absolute Gasteiger partial charge is 0.423 e. The Morgan fingerprint density at radius 1 is 0.788 bits per heavy atom. The van der Waals surface area contributed by atoms with E-state index in [1.54, 1.807) is 12.1 Å². The summed E-state index contributed by atoms with van der Waals surface area (Å²) in [5.74, 6) is 0.591. The third-order valence-corrected chi connectivity index (χ3v) is 6.00. The van der Waals surface area contributed by atoms with E-state index in [-0.39, 0.29) is 11.7 Å². The van der Waals surface area contributed by atoms with Crippen molar-refractivity contribution in [2.45, 2.75) is 5.92 Å². The molecule has 1 saturated heterocycles. The average Bonchev–Trinajstić information content (AvgIpc) is 3.30. The van der Waals surface area contributed by atoms with Crippen LogP contribution in [0.4, 0.5) is 16.0 Å². The molecule has 33 heavy (non-hydrogen) atoms. The van der Waals surface area contributed by atoms with Crippen LogP contribution in [-0.4, -0.2) is 31.2 Å². The number of aromatic nitrogens is 1. The number of hydrogen-bond acceptors (Lipinski definition) is 5. The van der Waals surface area contributed by atoms with Crippen molar-refractivity contribution < 1.29 is 8.81 Å². The number of nitrogens with zero attached hydrogens (tertiary/aromatic N) is 4. The number of halogens is 1. The Hall–Kier alpha value is -4.11. The van der Waals surface area contributed by atoms with E-state index in [1.165, 1.54) is 12.1 Å². The molecule has 3 aromatic carbocycles. The van der Waals surface area contributed by atoms with Crippen molar-refractivity contribution in [2.75, 3.05) is 36.0 Å². The van der Waals surface area contributed by atoms with Gasteiger partial charge < -0.3 is 14.2 Å². The molecule has 5 rings (SSSR count). The molecule has 0 saturated carbocycles. The standard InChI is InChI=1S/C27H23FN4O/c28-22-11-13-23(14-12-22)31-15-17-32(18-16-31)27-24(19-29)30-26(33-27)25(20-7-3-1-4-8-20)21-9-5-2-6-10-21/h1-14,25H,15-18H2. The highest BCUT2D eigenvalue weighted by molar-refractivity contribution is 5.53. The van der Waals surface area contributed by atoms with Crippen LogP contribution in [0.3, 0.4) is 0 Å². The second-order valence-electron chi connectivity index (χ2n) is 8.02. The molecule has 1 fully saturated rings. The van der Waals surface area contributed by atoms with Gasteiger partial charge in [0.1, 0.15) is 11.9 Å². The lowest BCUT2D eigenvalue weighted by molar-refractivity contribution is 0.471. The minimum Gasteiger partial charge on any atom is -0.423 e. The molecule has 0 atom stereocenters. The molecule has 0 unspecified atom stereocenters. The van der Waals surface area contributed by atoms with E-state index in [0.29, 0.717) is 30.6 Å². The molecule has 4 aromatic rings. The maximum atomic E-state index is 13.3. The predicted octanol–water partition coefficient (Wildman–Crippen LogP) is 5.19. The first-order valence-corrected chi connectivity index (χ1v) is 11.0. The molecular weight excluding hydrogens is 415 g/mol. The zero-order valence-corrected chi connectivity index (χ0v) is 18.1. The molecule has 1 aliphatic heterocycles. The van der Waals surface area contributed by atoms with Gasteiger partial charge in [-0.25, -0.2) is 4.39 Å². The van der Waals surface area contributed by atoms with Gasteiger partial charge in [0.25, 0.3) is 0 Å². The predicted molar refractivity (Wildman–Crippen MR) is 126 cm³/mol. The van der Waals surface area contributed by atoms with Crippen molar-refractivity contribution in [3.63, 3.8) is 0 Å². The second-order valence-corrected chi connectivity index (χ2v) is 8.02. The van der Waals surface area contributed by atoms with Crippen LogP contribution in [0.1, 0.15) is 28.6 Å². The van der Waals surface area contributed by atoms with Gasteiger partial charge in [-0.3, -0.25) is 0 Å². The summed E-state index contributed by atoms with van der Waals surface area (Å²) in [6, 6.07) is 28.9. The monoisotopic (exact) mass is 438 g/mol. The number of oxazole rings is 1. The molecule has 0 aliphatic carbocycles. The molecule has 5 nitrogen and oxygen atoms in total. The van der Waals surface area contributed by atoms with Crippen molar-refractivity contribution in [1.29, 1.82) is 5.26 Å². The smallest absolute Gasteiger partial charge is 0.234 e. The molecule has 164 valence electrons. The van der Waals surface area contributed by atoms with Gasteiger partial charge in [-0.15, -0.1) is 0 Å². The van der Waals surface area contributed by atoms with E-state index in [2.05, 4.69) is 45.1 Å². The lowest BCUT2D eigenvalue weighted by Crippen LogP contribution is -2.46. The van der Waals surface area contributed by atoms with Crippen molar-refractivity contribution in [1.82, 2.24) is 4.98 Å². The van der Waals surface area contributed by atoms with E-state index < -0.39 is 0 Å². The fraction of sp³-hybridized carbons (Fsp3) is 0.185. The lowest BCUT2D eigenvalue weighted by atomic mass is 9.91. The number of anilines is 2. The molecular formula is C27H23FN4O. The van der Waals surface area contributed by atoms with E-state index in [0.717, 1.165) is 29.9 Å². The van der Waals surface area contributed by atoms with Gasteiger partial charge in [0.2, 0.25) is 17.5 Å². The Kier molecular flexibility index (Phi) is 5.77. The maximum Gasteiger partial charge on any atom is 0.234 e. The Morgan fingerprint density at radius 3 is 1.88 bits per heavy atom. The lowest BCUT2D eigenvalue weighted by Gasteiger charge is -2.35. The minimum absolute atomic E-state index is 0.200. The van der Waals surface area contributed by atoms with E-state index >= 15 is 0 Å². The summed E-state index contributed by atoms with van der Waals surface area (Å²) in [6.45, 7) is 2.85. The van der Waals surface area contributed by atoms with Gasteiger partial charge in [0.05, 0.1) is 5.92 Å². The molecule has 6 heteroatoms. The molecule has 0 N–H and O–H groups in total. The number of piperazine rings is 1. The summed E-state index contributed by atoms with van der Waals surface area (Å²) in [6.07, 6.45) is 0. The van der Waals surface area contributed by atoms with Gasteiger partial charge in [-0.2, -0.15) is 10.2 Å². The van der Waals surface area contributed by atoms with Gasteiger partial charge in [-0.1, -0.05) is 60.7 Å². The Morgan fingerprint density at radius 2 is 1.33 bits per heavy atom. The summed E-state index contributed by atoms with van der Waals surface area (Å²) >= 11 is 0. The Balaban J connectivity index is 1.42. The molecule has 0 radical (unpaired) electrons. The first kappa shape index (κ1) is 20.8. The summed E-state index contributed by atoms with van der Waals surface area (Å²) in [7, 11) is 0. The van der Waals surface area contributed by atoms with Gasteiger partial charge in [0, 0.05) is 31.9 Å². The van der Waals surface area contributed by atoms with Crippen molar-refractivity contribution in [3.8, 4) is 6.07 Å². The average molecular weight is 439 g/mol. The molecule has 0 amide bonds. The summed E-state index contributed by atoms with van der Waals surface area (Å²) in [5, 5.41) is 9.80. The van der Waals surface area contributed by atoms with Crippen LogP contribution in [0.15, 0.2) is 89.3 Å². The number of benzene rings is 3. The Labute approximate surface area is 192 Å². The van der Waals surface area contributed by atoms with Crippen LogP contribution in [-0.2, 0) is 0 Å². The van der Waals surface area contributed by atoms with Crippen molar-refractivity contribution >= 4 is 11.6 Å². The van der Waals surface area contributed by atoms with Gasteiger partial charge >= 0.3 is 0 Å². The van der Waals surface area contributed by atoms with Crippen LogP contribution < -0.4 is 9.80 Å². The molecule has 0 spiro atoms. The number of nitriles is 1. The van der Waals surface area contributed by atoms with Crippen LogP contribution in [0.5, 0.6) is 0 Å². The SMILES string of the molecule is N#Cc1nc(C(c2ccccc2)c2ccccc2)oc1N1CCN(c2ccc(F)cc2)CC1. The third kappa shape index (κ3) is 4.31. The van der Waals surface area contributed by atoms with E-state index in [9.17, 15) is 9.65 Å². The van der Waals surface area contributed by atoms with Crippen LogP contribution in [0, 0.1) is 17.1 Å². The summed E-state index contributed by atoms with van der Waals surface area (Å²) in [5.41, 5.74) is 3.41. The zero-order chi connectivity index (χ0) is 22.6. The molecule has 1 aliphatic rings. The maximum absolute atomic E-state index is 13.3. The highest BCUT2D eigenvalue weighted by Gasteiger charge is 2.28. The first-order valence-electron chi connectivity index (χ1n) is 11.0. The molecule has 0 bridgehead atoms. The zero-order valence-electron chi connectivity index (χ0n) is 18.1. The van der Waals surface area contributed by atoms with Crippen molar-refractivity contribution in [2.24, 2.45) is 0 Å². The second kappa shape index (κ2) is 9.17. The summed E-state index contributed by atoms with van der Waals surface area (Å²) in [4.78, 5) is 8.90. The van der Waals surface area contributed by atoms with Gasteiger partial charge in [-0.05, 0) is 35.4 Å². The third-order valence-electron chi connectivity index (χ3n) is 6.00. The molecule has 1 aromatic heterocycles. The normalized spacial score (nSPS) is 13.8. The fourth-order valence-corrected chi connectivity index (χ4v) is 4.33. The fourth-order valence-electron chi connectivity index (χ4n) is 4.33. The first-order chi connectivity index (χ1) is 16.2. The Bertz CT molecular complexity index is 1200. The van der Waals surface area contributed by atoms with Crippen molar-refractivity contribution in [3.05, 3.63) is 113 Å². The summed E-state index contributed by atoms with van der Waals surface area (Å²) < 4.78 is 19.6. The van der Waals surface area contributed by atoms with E-state index in [1.807, 2.05) is 36.4 Å². The quantitative estimate of drug-likeness (QED) is 0.429. The van der Waals surface area contributed by atoms with E-state index in [4.69, 9.17) is 4.42 Å². The topological polar surface area (TPSA) is 56.3 Å². The highest BCUT2D eigenvalue weighted by Crippen LogP contribution is 2.35. The van der Waals surface area contributed by atoms with Crippen LogP contribution >= 0.6 is 0 Å². The minimum atomic E-state index is -0.239. The van der Waals surface area contributed by atoms with Crippen LogP contribution in [0.25, 0.3) is 0 Å². The van der Waals surface area contributed by atoms with Crippen LogP contribution in [0.2, 0.25) is 0 Å². The number of hydrogen-bond donors (Lipinski definition) is 0. The molecule has 2 heterocycles.